The first-order chi connectivity index (χ1) is 14.3. The number of imide groups is 2. The number of aryl methyl sites for hydroxylation is 1. The number of hydrogen-bond acceptors (Lipinski definition) is 6. The number of carbonyl (C=O) groups excluding carboxylic acids is 5. The van der Waals surface area contributed by atoms with Crippen LogP contribution in [0, 0.1) is 13.8 Å². The number of carbonyl (C=O) groups is 5. The van der Waals surface area contributed by atoms with Crippen LogP contribution in [0.3, 0.4) is 0 Å². The summed E-state index contributed by atoms with van der Waals surface area (Å²) in [5.41, 5.74) is 1.80. The Hall–Kier alpha value is -3.75. The molecular formula is C21H21N3O6. The minimum Gasteiger partial charge on any atom is -0.462 e. The van der Waals surface area contributed by atoms with E-state index in [0.717, 1.165) is 4.90 Å². The Balaban J connectivity index is 1.79. The quantitative estimate of drug-likeness (QED) is 0.322. The Morgan fingerprint density at radius 2 is 1.63 bits per heavy atom. The summed E-state index contributed by atoms with van der Waals surface area (Å²) in [5.74, 6) is -3.21. The fourth-order valence-corrected chi connectivity index (χ4v) is 3.36. The van der Waals surface area contributed by atoms with E-state index in [1.165, 1.54) is 0 Å². The number of benzene rings is 1. The molecule has 0 radical (unpaired) electrons. The van der Waals surface area contributed by atoms with Crippen LogP contribution in [0.25, 0.3) is 0 Å². The first-order valence-electron chi connectivity index (χ1n) is 9.37. The van der Waals surface area contributed by atoms with Crippen LogP contribution in [0.15, 0.2) is 30.3 Å². The molecule has 1 aromatic heterocycles. The van der Waals surface area contributed by atoms with Gasteiger partial charge >= 0.3 is 23.8 Å². The van der Waals surface area contributed by atoms with Gasteiger partial charge in [0, 0.05) is 5.69 Å². The minimum absolute atomic E-state index is 0.0669. The maximum Gasteiger partial charge on any atom is 0.340 e. The number of ketones is 1. The van der Waals surface area contributed by atoms with Crippen molar-refractivity contribution in [3.8, 4) is 0 Å². The Labute approximate surface area is 172 Å². The smallest absolute Gasteiger partial charge is 0.340 e. The largest absolute Gasteiger partial charge is 0.462 e. The Morgan fingerprint density at radius 3 is 2.27 bits per heavy atom. The predicted octanol–water partition coefficient (Wildman–Crippen LogP) is 1.98. The summed E-state index contributed by atoms with van der Waals surface area (Å²) in [5, 5.41) is 0. The number of nitrogens with zero attached hydrogens (tertiary/aromatic N) is 2. The van der Waals surface area contributed by atoms with E-state index < -0.39 is 36.1 Å². The third-order valence-electron chi connectivity index (χ3n) is 4.82. The number of esters is 1. The minimum atomic E-state index is -1.06. The van der Waals surface area contributed by atoms with Crippen molar-refractivity contribution in [3.63, 3.8) is 0 Å². The summed E-state index contributed by atoms with van der Waals surface area (Å²) in [7, 11) is 0. The summed E-state index contributed by atoms with van der Waals surface area (Å²) >= 11 is 0. The van der Waals surface area contributed by atoms with Crippen molar-refractivity contribution in [1.82, 2.24) is 14.8 Å². The number of rotatable bonds is 7. The molecule has 1 aromatic carbocycles. The van der Waals surface area contributed by atoms with E-state index in [4.69, 9.17) is 4.74 Å². The number of Topliss-reactive ketones (excluding diaryl/α,β-unsaturated/α-hetero) is 1. The first kappa shape index (κ1) is 21.0. The Bertz CT molecular complexity index is 1040. The molecule has 1 saturated heterocycles. The van der Waals surface area contributed by atoms with Crippen molar-refractivity contribution >= 4 is 29.6 Å². The number of aromatic amines is 1. The third-order valence-corrected chi connectivity index (χ3v) is 4.82. The highest BCUT2D eigenvalue weighted by molar-refractivity contribution is 6.45. The first-order valence-corrected chi connectivity index (χ1v) is 9.37. The van der Waals surface area contributed by atoms with E-state index in [0.29, 0.717) is 21.7 Å². The molecule has 1 aliphatic rings. The summed E-state index contributed by atoms with van der Waals surface area (Å²) in [4.78, 5) is 66.3. The molecule has 1 N–H and O–H groups in total. The van der Waals surface area contributed by atoms with Crippen molar-refractivity contribution in [3.05, 3.63) is 58.4 Å². The van der Waals surface area contributed by atoms with E-state index >= 15 is 0 Å². The van der Waals surface area contributed by atoms with E-state index in [1.54, 1.807) is 51.1 Å². The fraction of sp³-hybridized carbons (Fsp3) is 0.286. The van der Waals surface area contributed by atoms with Crippen molar-refractivity contribution in [2.24, 2.45) is 0 Å². The number of hydrogen-bond donors (Lipinski definition) is 1. The fourth-order valence-electron chi connectivity index (χ4n) is 3.36. The molecule has 0 aliphatic carbocycles. The lowest BCUT2D eigenvalue weighted by Gasteiger charge is -2.15. The van der Waals surface area contributed by atoms with Crippen LogP contribution in [0.4, 0.5) is 4.79 Å². The number of urea groups is 1. The zero-order valence-corrected chi connectivity index (χ0v) is 16.9. The molecule has 30 heavy (non-hydrogen) atoms. The zero-order valence-electron chi connectivity index (χ0n) is 16.9. The second-order valence-corrected chi connectivity index (χ2v) is 6.82. The molecule has 9 heteroatoms. The maximum atomic E-state index is 12.8. The molecule has 2 heterocycles. The van der Waals surface area contributed by atoms with Gasteiger partial charge in [0.1, 0.15) is 0 Å². The van der Waals surface area contributed by atoms with Crippen molar-refractivity contribution in [1.29, 1.82) is 0 Å². The van der Waals surface area contributed by atoms with Crippen LogP contribution in [0.2, 0.25) is 0 Å². The van der Waals surface area contributed by atoms with Gasteiger partial charge in [-0.05, 0) is 31.9 Å². The van der Waals surface area contributed by atoms with E-state index in [1.807, 2.05) is 0 Å². The van der Waals surface area contributed by atoms with Crippen LogP contribution in [0.5, 0.6) is 0 Å². The summed E-state index contributed by atoms with van der Waals surface area (Å²) in [6, 6.07) is 7.89. The van der Waals surface area contributed by atoms with Gasteiger partial charge in [0.15, 0.2) is 5.78 Å². The highest BCUT2D eigenvalue weighted by Gasteiger charge is 2.45. The van der Waals surface area contributed by atoms with Crippen LogP contribution in [0.1, 0.15) is 44.6 Å². The van der Waals surface area contributed by atoms with Crippen LogP contribution >= 0.6 is 0 Å². The summed E-state index contributed by atoms with van der Waals surface area (Å²) in [6.45, 7) is 4.36. The molecule has 0 bridgehead atoms. The molecule has 0 atom stereocenters. The lowest BCUT2D eigenvalue weighted by molar-refractivity contribution is -0.143. The predicted molar refractivity (Wildman–Crippen MR) is 105 cm³/mol. The average molecular weight is 411 g/mol. The van der Waals surface area contributed by atoms with Crippen LogP contribution < -0.4 is 0 Å². The SMILES string of the molecule is CCOC(=O)c1c(C)[nH]c(C(=O)CN2C(=O)C(=O)N(Cc3ccccc3)C2=O)c1C. The van der Waals surface area contributed by atoms with Gasteiger partial charge in [-0.15, -0.1) is 0 Å². The van der Waals surface area contributed by atoms with Gasteiger partial charge < -0.3 is 9.72 Å². The van der Waals surface area contributed by atoms with Gasteiger partial charge in [-0.25, -0.2) is 14.5 Å². The molecular weight excluding hydrogens is 390 g/mol. The molecule has 0 saturated carbocycles. The third kappa shape index (κ3) is 3.73. The van der Waals surface area contributed by atoms with Gasteiger partial charge in [-0.3, -0.25) is 19.3 Å². The molecule has 156 valence electrons. The van der Waals surface area contributed by atoms with Crippen LogP contribution in [-0.2, 0) is 20.9 Å². The normalized spacial score (nSPS) is 13.9. The molecule has 0 spiro atoms. The van der Waals surface area contributed by atoms with Gasteiger partial charge in [0.05, 0.1) is 31.0 Å². The average Bonchev–Trinajstić information content (AvgIpc) is 3.12. The highest BCUT2D eigenvalue weighted by Crippen LogP contribution is 2.21. The van der Waals surface area contributed by atoms with E-state index in [-0.39, 0.29) is 24.4 Å². The topological polar surface area (TPSA) is 117 Å². The molecule has 1 aliphatic heterocycles. The van der Waals surface area contributed by atoms with Crippen molar-refractivity contribution in [2.75, 3.05) is 13.2 Å². The lowest BCUT2D eigenvalue weighted by atomic mass is 10.1. The molecule has 9 nitrogen and oxygen atoms in total. The lowest BCUT2D eigenvalue weighted by Crippen LogP contribution is -2.37. The number of ether oxygens (including phenoxy) is 1. The Morgan fingerprint density at radius 1 is 1.00 bits per heavy atom. The van der Waals surface area contributed by atoms with E-state index in [9.17, 15) is 24.0 Å². The second-order valence-electron chi connectivity index (χ2n) is 6.82. The van der Waals surface area contributed by atoms with E-state index in [2.05, 4.69) is 4.98 Å². The van der Waals surface area contributed by atoms with Gasteiger partial charge in [0.2, 0.25) is 0 Å². The number of nitrogens with one attached hydrogen (secondary N) is 1. The summed E-state index contributed by atoms with van der Waals surface area (Å²) in [6.07, 6.45) is 0. The van der Waals surface area contributed by atoms with Gasteiger partial charge in [-0.1, -0.05) is 30.3 Å². The van der Waals surface area contributed by atoms with Crippen molar-refractivity contribution < 1.29 is 28.7 Å². The number of H-pyrrole nitrogens is 1. The summed E-state index contributed by atoms with van der Waals surface area (Å²) < 4.78 is 4.99. The molecule has 3 rings (SSSR count). The maximum absolute atomic E-state index is 12.8. The molecule has 4 amide bonds. The standard InChI is InChI=1S/C21H21N3O6/c1-4-30-20(28)16-12(2)17(22-13(16)3)15(25)11-24-19(27)18(26)23(21(24)29)10-14-8-6-5-7-9-14/h5-9,22H,4,10-11H2,1-3H3. The second kappa shape index (κ2) is 8.32. The van der Waals surface area contributed by atoms with Crippen LogP contribution in [-0.4, -0.2) is 57.5 Å². The monoisotopic (exact) mass is 411 g/mol. The number of amides is 4. The van der Waals surface area contributed by atoms with Gasteiger partial charge in [-0.2, -0.15) is 0 Å². The molecule has 1 fully saturated rings. The molecule has 0 unspecified atom stereocenters. The van der Waals surface area contributed by atoms with Gasteiger partial charge in [0.25, 0.3) is 0 Å². The highest BCUT2D eigenvalue weighted by atomic mass is 16.5. The molecule has 2 aromatic rings. The number of aromatic nitrogens is 1. The van der Waals surface area contributed by atoms with Crippen molar-refractivity contribution in [2.45, 2.75) is 27.3 Å². The zero-order chi connectivity index (χ0) is 22.0. The Kier molecular flexibility index (Phi) is 5.81.